The van der Waals surface area contributed by atoms with E-state index >= 15 is 0 Å². The number of carbonyl (C=O) groups excluding carboxylic acids is 1. The lowest BCUT2D eigenvalue weighted by Crippen LogP contribution is -2.21. The maximum absolute atomic E-state index is 13.9. The second-order valence-electron chi connectivity index (χ2n) is 6.44. The molecule has 1 amide bonds. The van der Waals surface area contributed by atoms with Crippen LogP contribution in [0.4, 0.5) is 14.5 Å². The summed E-state index contributed by atoms with van der Waals surface area (Å²) >= 11 is 1.06. The minimum Gasteiger partial charge on any atom is -0.319 e. The Kier molecular flexibility index (Phi) is 4.94. The first-order chi connectivity index (χ1) is 14.0. The molecule has 0 saturated heterocycles. The SMILES string of the molecule is Cc1c(C(=O)Nc2ccccc2F)sc2ncn(Cc3ccccc3F)c(=O)c12. The summed E-state index contributed by atoms with van der Waals surface area (Å²) in [4.78, 5) is 30.5. The Morgan fingerprint density at radius 2 is 1.79 bits per heavy atom. The van der Waals surface area contributed by atoms with Gasteiger partial charge >= 0.3 is 0 Å². The van der Waals surface area contributed by atoms with Crippen molar-refractivity contribution in [2.45, 2.75) is 13.5 Å². The van der Waals surface area contributed by atoms with E-state index in [1.165, 1.54) is 35.2 Å². The normalized spacial score (nSPS) is 11.0. The molecule has 8 heteroatoms. The van der Waals surface area contributed by atoms with Gasteiger partial charge in [-0.15, -0.1) is 11.3 Å². The molecule has 29 heavy (non-hydrogen) atoms. The summed E-state index contributed by atoms with van der Waals surface area (Å²) in [6.07, 6.45) is 1.34. The molecule has 0 aliphatic carbocycles. The van der Waals surface area contributed by atoms with Crippen molar-refractivity contribution in [1.29, 1.82) is 0 Å². The standard InChI is InChI=1S/C21H15F2N3O2S/c1-12-17-20(29-18(12)19(27)25-16-9-5-4-8-15(16)23)24-11-26(21(17)28)10-13-6-2-3-7-14(13)22/h2-9,11H,10H2,1H3,(H,25,27). The largest absolute Gasteiger partial charge is 0.319 e. The van der Waals surface area contributed by atoms with Crippen LogP contribution in [0.5, 0.6) is 0 Å². The van der Waals surface area contributed by atoms with Crippen molar-refractivity contribution >= 4 is 33.1 Å². The fraction of sp³-hybridized carbons (Fsp3) is 0.0952. The molecule has 4 aromatic rings. The second kappa shape index (κ2) is 7.56. The molecule has 2 heterocycles. The van der Waals surface area contributed by atoms with E-state index in [0.717, 1.165) is 11.3 Å². The van der Waals surface area contributed by atoms with Crippen LogP contribution in [0.15, 0.2) is 59.7 Å². The lowest BCUT2D eigenvalue weighted by atomic mass is 10.2. The first-order valence-electron chi connectivity index (χ1n) is 8.73. The summed E-state index contributed by atoms with van der Waals surface area (Å²) in [5.41, 5.74) is 0.511. The zero-order chi connectivity index (χ0) is 20.5. The molecule has 0 bridgehead atoms. The van der Waals surface area contributed by atoms with Crippen LogP contribution < -0.4 is 10.9 Å². The maximum Gasteiger partial charge on any atom is 0.266 e. The Morgan fingerprint density at radius 1 is 1.10 bits per heavy atom. The number of hydrogen-bond donors (Lipinski definition) is 1. The van der Waals surface area contributed by atoms with Gasteiger partial charge in [-0.3, -0.25) is 14.2 Å². The molecular weight excluding hydrogens is 396 g/mol. The number of halogens is 2. The van der Waals surface area contributed by atoms with Gasteiger partial charge in [0.25, 0.3) is 11.5 Å². The average Bonchev–Trinajstić information content (AvgIpc) is 3.05. The Morgan fingerprint density at radius 3 is 2.52 bits per heavy atom. The number of para-hydroxylation sites is 1. The molecule has 0 fully saturated rings. The highest BCUT2D eigenvalue weighted by Crippen LogP contribution is 2.28. The number of fused-ring (bicyclic) bond motifs is 1. The molecule has 2 aromatic heterocycles. The first kappa shape index (κ1) is 18.9. The second-order valence-corrected chi connectivity index (χ2v) is 7.44. The van der Waals surface area contributed by atoms with E-state index in [2.05, 4.69) is 10.3 Å². The minimum absolute atomic E-state index is 0.0283. The summed E-state index contributed by atoms with van der Waals surface area (Å²) in [7, 11) is 0. The zero-order valence-corrected chi connectivity index (χ0v) is 16.1. The molecule has 0 aliphatic rings. The third-order valence-corrected chi connectivity index (χ3v) is 5.74. The molecule has 0 unspecified atom stereocenters. The molecule has 0 saturated carbocycles. The summed E-state index contributed by atoms with van der Waals surface area (Å²) < 4.78 is 29.1. The number of benzene rings is 2. The van der Waals surface area contributed by atoms with Gasteiger partial charge in [-0.05, 0) is 30.7 Å². The van der Waals surface area contributed by atoms with Crippen LogP contribution in [0, 0.1) is 18.6 Å². The van der Waals surface area contributed by atoms with E-state index in [9.17, 15) is 18.4 Å². The van der Waals surface area contributed by atoms with Crippen molar-refractivity contribution in [3.8, 4) is 0 Å². The lowest BCUT2D eigenvalue weighted by Gasteiger charge is -2.07. The van der Waals surface area contributed by atoms with E-state index < -0.39 is 17.5 Å². The average molecular weight is 411 g/mol. The van der Waals surface area contributed by atoms with Gasteiger partial charge in [0.15, 0.2) is 0 Å². The van der Waals surface area contributed by atoms with Crippen LogP contribution in [-0.2, 0) is 6.54 Å². The van der Waals surface area contributed by atoms with Gasteiger partial charge < -0.3 is 5.32 Å². The molecule has 1 N–H and O–H groups in total. The highest BCUT2D eigenvalue weighted by atomic mass is 32.1. The smallest absolute Gasteiger partial charge is 0.266 e. The van der Waals surface area contributed by atoms with Crippen LogP contribution in [-0.4, -0.2) is 15.5 Å². The third-order valence-electron chi connectivity index (χ3n) is 4.54. The fourth-order valence-electron chi connectivity index (χ4n) is 3.04. The number of anilines is 1. The van der Waals surface area contributed by atoms with Gasteiger partial charge in [-0.25, -0.2) is 13.8 Å². The Labute approximate surface area is 168 Å². The third kappa shape index (κ3) is 3.54. The fourth-order valence-corrected chi connectivity index (χ4v) is 4.07. The van der Waals surface area contributed by atoms with Gasteiger partial charge in [0, 0.05) is 5.56 Å². The summed E-state index contributed by atoms with van der Waals surface area (Å²) in [5, 5.41) is 2.82. The van der Waals surface area contributed by atoms with Crippen LogP contribution in [0.25, 0.3) is 10.2 Å². The van der Waals surface area contributed by atoms with Gasteiger partial charge in [0.2, 0.25) is 0 Å². The maximum atomic E-state index is 13.9. The van der Waals surface area contributed by atoms with E-state index in [-0.39, 0.29) is 22.7 Å². The van der Waals surface area contributed by atoms with Crippen molar-refractivity contribution in [1.82, 2.24) is 9.55 Å². The van der Waals surface area contributed by atoms with Gasteiger partial charge in [0.05, 0.1) is 28.8 Å². The molecule has 5 nitrogen and oxygen atoms in total. The topological polar surface area (TPSA) is 64.0 Å². The first-order valence-corrected chi connectivity index (χ1v) is 9.55. The number of aromatic nitrogens is 2. The predicted molar refractivity (Wildman–Crippen MR) is 108 cm³/mol. The number of amides is 1. The number of aryl methyl sites for hydroxylation is 1. The molecule has 0 spiro atoms. The minimum atomic E-state index is -0.551. The van der Waals surface area contributed by atoms with Crippen LogP contribution >= 0.6 is 11.3 Å². The number of rotatable bonds is 4. The van der Waals surface area contributed by atoms with Crippen molar-refractivity contribution in [2.24, 2.45) is 0 Å². The predicted octanol–water partition coefficient (Wildman–Crippen LogP) is 4.35. The summed E-state index contributed by atoms with van der Waals surface area (Å²) in [5.74, 6) is -1.48. The number of carbonyl (C=O) groups is 1. The summed E-state index contributed by atoms with van der Waals surface area (Å²) in [6, 6.07) is 12.0. The number of nitrogens with one attached hydrogen (secondary N) is 1. The van der Waals surface area contributed by atoms with Gasteiger partial charge in [0.1, 0.15) is 16.5 Å². The van der Waals surface area contributed by atoms with E-state index in [0.29, 0.717) is 21.3 Å². The highest BCUT2D eigenvalue weighted by molar-refractivity contribution is 7.20. The monoisotopic (exact) mass is 411 g/mol. The van der Waals surface area contributed by atoms with Crippen molar-refractivity contribution in [3.63, 3.8) is 0 Å². The number of hydrogen-bond acceptors (Lipinski definition) is 4. The van der Waals surface area contributed by atoms with Crippen LogP contribution in [0.3, 0.4) is 0 Å². The van der Waals surface area contributed by atoms with Gasteiger partial charge in [-0.2, -0.15) is 0 Å². The molecule has 146 valence electrons. The lowest BCUT2D eigenvalue weighted by molar-refractivity contribution is 0.102. The quantitative estimate of drug-likeness (QED) is 0.543. The van der Waals surface area contributed by atoms with Crippen molar-refractivity contribution in [3.05, 3.63) is 92.9 Å². The molecule has 0 radical (unpaired) electrons. The van der Waals surface area contributed by atoms with Crippen molar-refractivity contribution < 1.29 is 13.6 Å². The summed E-state index contributed by atoms with van der Waals surface area (Å²) in [6.45, 7) is 1.67. The molecule has 2 aromatic carbocycles. The van der Waals surface area contributed by atoms with E-state index in [1.807, 2.05) is 0 Å². The Hall–Kier alpha value is -3.39. The Balaban J connectivity index is 1.71. The molecule has 0 atom stereocenters. The number of nitrogens with zero attached hydrogens (tertiary/aromatic N) is 2. The van der Waals surface area contributed by atoms with Crippen LogP contribution in [0.2, 0.25) is 0 Å². The molecule has 0 aliphatic heterocycles. The Bertz CT molecular complexity index is 1300. The zero-order valence-electron chi connectivity index (χ0n) is 15.3. The van der Waals surface area contributed by atoms with E-state index in [4.69, 9.17) is 0 Å². The van der Waals surface area contributed by atoms with Crippen molar-refractivity contribution in [2.75, 3.05) is 5.32 Å². The van der Waals surface area contributed by atoms with E-state index in [1.54, 1.807) is 31.2 Å². The molecular formula is C21H15F2N3O2S. The van der Waals surface area contributed by atoms with Gasteiger partial charge in [-0.1, -0.05) is 30.3 Å². The molecule has 4 rings (SSSR count). The highest BCUT2D eigenvalue weighted by Gasteiger charge is 2.20. The van der Waals surface area contributed by atoms with Crippen LogP contribution in [0.1, 0.15) is 20.8 Å². The number of thiophene rings is 1.